The summed E-state index contributed by atoms with van der Waals surface area (Å²) in [5.41, 5.74) is 1.00. The van der Waals surface area contributed by atoms with Gasteiger partial charge in [0.25, 0.3) is 11.7 Å². The van der Waals surface area contributed by atoms with Crippen LogP contribution in [-0.4, -0.2) is 35.4 Å². The Morgan fingerprint density at radius 2 is 1.97 bits per heavy atom. The lowest BCUT2D eigenvalue weighted by Crippen LogP contribution is -2.28. The number of nitrogens with zero attached hydrogens (tertiary/aromatic N) is 1. The first-order valence-electron chi connectivity index (χ1n) is 10.3. The van der Waals surface area contributed by atoms with Crippen LogP contribution in [0.3, 0.4) is 0 Å². The molecule has 6 nitrogen and oxygen atoms in total. The molecule has 2 aromatic carbocycles. The van der Waals surface area contributed by atoms with Gasteiger partial charge in [-0.2, -0.15) is 0 Å². The van der Waals surface area contributed by atoms with Gasteiger partial charge in [0.2, 0.25) is 0 Å². The number of methoxy groups -OCH3 is 1. The summed E-state index contributed by atoms with van der Waals surface area (Å²) < 4.78 is 10.9. The predicted octanol–water partition coefficient (Wildman–Crippen LogP) is 5.43. The van der Waals surface area contributed by atoms with Gasteiger partial charge in [-0.05, 0) is 54.3 Å². The van der Waals surface area contributed by atoms with Crippen LogP contribution in [0.2, 0.25) is 5.02 Å². The van der Waals surface area contributed by atoms with Crippen LogP contribution in [0.5, 0.6) is 11.5 Å². The van der Waals surface area contributed by atoms with Gasteiger partial charge in [0.05, 0.1) is 36.9 Å². The maximum Gasteiger partial charge on any atom is 0.295 e. The molecule has 1 aromatic heterocycles. The number of hydrogen-bond acceptors (Lipinski definition) is 6. The van der Waals surface area contributed by atoms with Crippen LogP contribution in [0.15, 0.2) is 65.6 Å². The van der Waals surface area contributed by atoms with Crippen molar-refractivity contribution >= 4 is 40.4 Å². The molecule has 1 unspecified atom stereocenters. The molecule has 1 aliphatic heterocycles. The van der Waals surface area contributed by atoms with E-state index in [1.54, 1.807) is 49.6 Å². The van der Waals surface area contributed by atoms with Gasteiger partial charge < -0.3 is 19.5 Å². The molecule has 3 aromatic rings. The van der Waals surface area contributed by atoms with Crippen LogP contribution in [-0.2, 0) is 16.1 Å². The number of aliphatic hydroxyl groups is 1. The number of aliphatic hydroxyl groups excluding tert-OH is 1. The zero-order valence-electron chi connectivity index (χ0n) is 18.1. The van der Waals surface area contributed by atoms with Crippen molar-refractivity contribution < 1.29 is 24.2 Å². The molecule has 0 spiro atoms. The van der Waals surface area contributed by atoms with Crippen molar-refractivity contribution in [2.75, 3.05) is 13.7 Å². The summed E-state index contributed by atoms with van der Waals surface area (Å²) in [6.07, 6.45) is 0. The van der Waals surface area contributed by atoms with E-state index >= 15 is 0 Å². The number of ether oxygens (including phenoxy) is 2. The van der Waals surface area contributed by atoms with Crippen molar-refractivity contribution in [3.8, 4) is 11.5 Å². The molecule has 0 bridgehead atoms. The minimum Gasteiger partial charge on any atom is -0.507 e. The SMILES string of the molecule is CCOc1cc(/C(O)=C2/C(=O)C(=O)N(Cc3cccs3)C2c2cccc(OC)c2)ccc1Cl. The van der Waals surface area contributed by atoms with Gasteiger partial charge in [-0.25, -0.2) is 0 Å². The van der Waals surface area contributed by atoms with Gasteiger partial charge >= 0.3 is 0 Å². The Morgan fingerprint density at radius 1 is 1.15 bits per heavy atom. The van der Waals surface area contributed by atoms with E-state index in [2.05, 4.69) is 0 Å². The predicted molar refractivity (Wildman–Crippen MR) is 128 cm³/mol. The Balaban J connectivity index is 1.87. The van der Waals surface area contributed by atoms with Gasteiger partial charge in [0.1, 0.15) is 17.3 Å². The highest BCUT2D eigenvalue weighted by atomic mass is 35.5. The Bertz CT molecular complexity index is 1220. The van der Waals surface area contributed by atoms with Crippen LogP contribution < -0.4 is 9.47 Å². The Morgan fingerprint density at radius 3 is 2.67 bits per heavy atom. The molecular formula is C25H22ClNO5S. The van der Waals surface area contributed by atoms with Gasteiger partial charge in [0.15, 0.2) is 0 Å². The summed E-state index contributed by atoms with van der Waals surface area (Å²) in [5.74, 6) is -0.734. The van der Waals surface area contributed by atoms with Crippen molar-refractivity contribution in [1.29, 1.82) is 0 Å². The van der Waals surface area contributed by atoms with E-state index in [-0.39, 0.29) is 17.9 Å². The van der Waals surface area contributed by atoms with E-state index < -0.39 is 17.7 Å². The third-order valence-electron chi connectivity index (χ3n) is 5.36. The summed E-state index contributed by atoms with van der Waals surface area (Å²) in [6.45, 7) is 2.45. The summed E-state index contributed by atoms with van der Waals surface area (Å²) in [4.78, 5) is 28.7. The average molecular weight is 484 g/mol. The molecule has 4 rings (SSSR count). The molecule has 0 radical (unpaired) electrons. The zero-order valence-corrected chi connectivity index (χ0v) is 19.7. The van der Waals surface area contributed by atoms with E-state index in [9.17, 15) is 14.7 Å². The van der Waals surface area contributed by atoms with E-state index in [0.717, 1.165) is 4.88 Å². The van der Waals surface area contributed by atoms with E-state index in [1.807, 2.05) is 24.4 Å². The number of carbonyl (C=O) groups is 2. The molecule has 1 fully saturated rings. The number of ketones is 1. The van der Waals surface area contributed by atoms with Crippen molar-refractivity contribution in [2.24, 2.45) is 0 Å². The number of thiophene rings is 1. The standard InChI is InChI=1S/C25H22ClNO5S/c1-3-32-20-13-16(9-10-19(20)26)23(28)21-22(15-6-4-7-17(12-15)31-2)27(25(30)24(21)29)14-18-8-5-11-33-18/h4-13,22,28H,3,14H2,1-2H3/b23-21-. The molecule has 0 saturated carbocycles. The number of likely N-dealkylation sites (tertiary alicyclic amines) is 1. The van der Waals surface area contributed by atoms with Crippen LogP contribution in [0.25, 0.3) is 5.76 Å². The number of amides is 1. The maximum absolute atomic E-state index is 13.2. The highest BCUT2D eigenvalue weighted by Gasteiger charge is 2.46. The largest absolute Gasteiger partial charge is 0.507 e. The third-order valence-corrected chi connectivity index (χ3v) is 6.53. The highest BCUT2D eigenvalue weighted by Crippen LogP contribution is 2.42. The fraction of sp³-hybridized carbons (Fsp3) is 0.200. The molecule has 2 heterocycles. The van der Waals surface area contributed by atoms with Crippen molar-refractivity contribution in [2.45, 2.75) is 19.5 Å². The van der Waals surface area contributed by atoms with Crippen LogP contribution in [0.1, 0.15) is 29.0 Å². The monoisotopic (exact) mass is 483 g/mol. The van der Waals surface area contributed by atoms with Gasteiger partial charge in [-0.1, -0.05) is 29.8 Å². The Labute approximate surface area is 200 Å². The number of benzene rings is 2. The molecule has 8 heteroatoms. The fourth-order valence-corrected chi connectivity index (χ4v) is 4.72. The zero-order chi connectivity index (χ0) is 23.5. The normalized spacial score (nSPS) is 17.4. The van der Waals surface area contributed by atoms with Crippen molar-refractivity contribution in [1.82, 2.24) is 4.90 Å². The second-order valence-electron chi connectivity index (χ2n) is 7.36. The Hall–Kier alpha value is -3.29. The van der Waals surface area contributed by atoms with Gasteiger partial charge in [-0.15, -0.1) is 11.3 Å². The summed E-state index contributed by atoms with van der Waals surface area (Å²) in [7, 11) is 1.55. The number of carbonyl (C=O) groups excluding carboxylic acids is 2. The molecule has 1 saturated heterocycles. The Kier molecular flexibility index (Phi) is 6.72. The van der Waals surface area contributed by atoms with E-state index in [0.29, 0.717) is 34.3 Å². The fourth-order valence-electron chi connectivity index (χ4n) is 3.84. The molecule has 33 heavy (non-hydrogen) atoms. The molecule has 0 aliphatic carbocycles. The number of halogens is 1. The van der Waals surface area contributed by atoms with E-state index in [4.69, 9.17) is 21.1 Å². The van der Waals surface area contributed by atoms with E-state index in [1.165, 1.54) is 16.2 Å². The van der Waals surface area contributed by atoms with Crippen molar-refractivity contribution in [3.63, 3.8) is 0 Å². The van der Waals surface area contributed by atoms with Crippen LogP contribution in [0, 0.1) is 0 Å². The van der Waals surface area contributed by atoms with Crippen LogP contribution in [0.4, 0.5) is 0 Å². The second-order valence-corrected chi connectivity index (χ2v) is 8.80. The van der Waals surface area contributed by atoms with Crippen LogP contribution >= 0.6 is 22.9 Å². The second kappa shape index (κ2) is 9.68. The lowest BCUT2D eigenvalue weighted by atomic mass is 9.95. The average Bonchev–Trinajstić information content (AvgIpc) is 3.42. The lowest BCUT2D eigenvalue weighted by molar-refractivity contribution is -0.140. The van der Waals surface area contributed by atoms with Gasteiger partial charge in [0, 0.05) is 10.4 Å². The molecule has 1 aliphatic rings. The summed E-state index contributed by atoms with van der Waals surface area (Å²) in [5, 5.41) is 13.5. The molecule has 170 valence electrons. The molecule has 1 amide bonds. The number of rotatable bonds is 7. The third kappa shape index (κ3) is 4.47. The quantitative estimate of drug-likeness (QED) is 0.275. The minimum absolute atomic E-state index is 0.00887. The summed E-state index contributed by atoms with van der Waals surface area (Å²) >= 11 is 7.68. The molecule has 1 N–H and O–H groups in total. The van der Waals surface area contributed by atoms with Crippen molar-refractivity contribution in [3.05, 3.63) is 86.6 Å². The van der Waals surface area contributed by atoms with Gasteiger partial charge in [-0.3, -0.25) is 9.59 Å². The lowest BCUT2D eigenvalue weighted by Gasteiger charge is -2.25. The first-order chi connectivity index (χ1) is 15.9. The first-order valence-corrected chi connectivity index (χ1v) is 11.6. The first kappa shape index (κ1) is 22.9. The maximum atomic E-state index is 13.2. The minimum atomic E-state index is -0.784. The smallest absolute Gasteiger partial charge is 0.295 e. The number of hydrogen-bond donors (Lipinski definition) is 1. The molecular weight excluding hydrogens is 462 g/mol. The highest BCUT2D eigenvalue weighted by molar-refractivity contribution is 7.09. The topological polar surface area (TPSA) is 76.1 Å². The molecule has 1 atom stereocenters. The number of Topliss-reactive ketones (excluding diaryl/α,β-unsaturated/α-hetero) is 1. The summed E-state index contributed by atoms with van der Waals surface area (Å²) in [6, 6.07) is 14.9.